The minimum absolute atomic E-state index is 0.619. The largest absolute Gasteiger partial charge is 0.128 e. The molecule has 0 N–H and O–H groups in total. The summed E-state index contributed by atoms with van der Waals surface area (Å²) < 4.78 is 0.893. The molecule has 2 unspecified atom stereocenters. The standard InChI is InChI=1S/C10H14BrClS/c1-3-9(11)7(2)6-8-4-5-10(12)13-8/h4-5,7,9H,3,6H2,1-2H3. The van der Waals surface area contributed by atoms with E-state index in [9.17, 15) is 0 Å². The van der Waals surface area contributed by atoms with Crippen molar-refractivity contribution >= 4 is 38.9 Å². The van der Waals surface area contributed by atoms with Gasteiger partial charge in [-0.1, -0.05) is 41.4 Å². The summed E-state index contributed by atoms with van der Waals surface area (Å²) in [5.41, 5.74) is 0. The third-order valence-corrected chi connectivity index (χ3v) is 4.96. The minimum atomic E-state index is 0.619. The van der Waals surface area contributed by atoms with E-state index in [0.717, 1.165) is 10.8 Å². The van der Waals surface area contributed by atoms with Gasteiger partial charge < -0.3 is 0 Å². The quantitative estimate of drug-likeness (QED) is 0.699. The molecule has 74 valence electrons. The third kappa shape index (κ3) is 3.61. The first kappa shape index (κ1) is 11.5. The highest BCUT2D eigenvalue weighted by molar-refractivity contribution is 9.09. The maximum absolute atomic E-state index is 5.86. The molecule has 0 bridgehead atoms. The lowest BCUT2D eigenvalue weighted by molar-refractivity contribution is 0.549. The minimum Gasteiger partial charge on any atom is -0.128 e. The summed E-state index contributed by atoms with van der Waals surface area (Å²) in [5.74, 6) is 0.680. The molecule has 0 nitrogen and oxygen atoms in total. The van der Waals surface area contributed by atoms with Crippen molar-refractivity contribution < 1.29 is 0 Å². The van der Waals surface area contributed by atoms with Gasteiger partial charge in [-0.2, -0.15) is 0 Å². The Bertz CT molecular complexity index is 259. The van der Waals surface area contributed by atoms with Crippen molar-refractivity contribution in [1.29, 1.82) is 0 Å². The van der Waals surface area contributed by atoms with E-state index in [1.165, 1.54) is 11.3 Å². The molecule has 3 heteroatoms. The van der Waals surface area contributed by atoms with Crippen LogP contribution in [0.15, 0.2) is 12.1 Å². The van der Waals surface area contributed by atoms with Crippen molar-refractivity contribution in [3.05, 3.63) is 21.3 Å². The van der Waals surface area contributed by atoms with Gasteiger partial charge in [0.15, 0.2) is 0 Å². The molecule has 0 aromatic carbocycles. The molecule has 2 atom stereocenters. The Kier molecular flexibility index (Phi) is 4.77. The molecular weight excluding hydrogens is 268 g/mol. The third-order valence-electron chi connectivity index (χ3n) is 2.16. The van der Waals surface area contributed by atoms with Crippen molar-refractivity contribution in [1.82, 2.24) is 0 Å². The zero-order valence-corrected chi connectivity index (χ0v) is 11.0. The molecule has 0 aliphatic rings. The highest BCUT2D eigenvalue weighted by atomic mass is 79.9. The van der Waals surface area contributed by atoms with Crippen molar-refractivity contribution in [3.63, 3.8) is 0 Å². The fraction of sp³-hybridized carbons (Fsp3) is 0.600. The molecule has 1 rings (SSSR count). The van der Waals surface area contributed by atoms with Crippen LogP contribution in [0.5, 0.6) is 0 Å². The molecule has 0 fully saturated rings. The van der Waals surface area contributed by atoms with Crippen LogP contribution in [0, 0.1) is 5.92 Å². The topological polar surface area (TPSA) is 0 Å². The Morgan fingerprint density at radius 2 is 2.23 bits per heavy atom. The maximum Gasteiger partial charge on any atom is 0.0931 e. The fourth-order valence-corrected chi connectivity index (χ4v) is 2.73. The lowest BCUT2D eigenvalue weighted by Crippen LogP contribution is -2.11. The smallest absolute Gasteiger partial charge is 0.0931 e. The van der Waals surface area contributed by atoms with Crippen molar-refractivity contribution in [3.8, 4) is 0 Å². The van der Waals surface area contributed by atoms with E-state index in [1.54, 1.807) is 11.3 Å². The Hall–Kier alpha value is 0.470. The zero-order valence-electron chi connectivity index (χ0n) is 7.89. The van der Waals surface area contributed by atoms with Crippen LogP contribution in [0.3, 0.4) is 0 Å². The first-order valence-corrected chi connectivity index (χ1v) is 6.62. The van der Waals surface area contributed by atoms with E-state index in [1.807, 2.05) is 6.07 Å². The van der Waals surface area contributed by atoms with Crippen LogP contribution in [-0.4, -0.2) is 4.83 Å². The van der Waals surface area contributed by atoms with Crippen molar-refractivity contribution in [2.24, 2.45) is 5.92 Å². The molecular formula is C10H14BrClS. The van der Waals surface area contributed by atoms with Gasteiger partial charge in [0.1, 0.15) is 0 Å². The Balaban J connectivity index is 2.49. The van der Waals surface area contributed by atoms with Gasteiger partial charge in [0.2, 0.25) is 0 Å². The zero-order chi connectivity index (χ0) is 9.84. The second kappa shape index (κ2) is 5.38. The van der Waals surface area contributed by atoms with Crippen LogP contribution in [0.1, 0.15) is 25.1 Å². The SMILES string of the molecule is CCC(Br)C(C)Cc1ccc(Cl)s1. The average molecular weight is 282 g/mol. The maximum atomic E-state index is 5.86. The van der Waals surface area contributed by atoms with Crippen molar-refractivity contribution in [2.45, 2.75) is 31.5 Å². The van der Waals surface area contributed by atoms with Gasteiger partial charge in [0, 0.05) is 9.70 Å². The first-order chi connectivity index (χ1) is 6.13. The van der Waals surface area contributed by atoms with Gasteiger partial charge in [-0.25, -0.2) is 0 Å². The molecule has 0 saturated carbocycles. The van der Waals surface area contributed by atoms with E-state index >= 15 is 0 Å². The van der Waals surface area contributed by atoms with Crippen LogP contribution >= 0.6 is 38.9 Å². The molecule has 1 aromatic heterocycles. The monoisotopic (exact) mass is 280 g/mol. The highest BCUT2D eigenvalue weighted by Gasteiger charge is 2.13. The van der Waals surface area contributed by atoms with Gasteiger partial charge in [-0.15, -0.1) is 11.3 Å². The Morgan fingerprint density at radius 1 is 1.54 bits per heavy atom. The van der Waals surface area contributed by atoms with Crippen LogP contribution in [0.4, 0.5) is 0 Å². The summed E-state index contributed by atoms with van der Waals surface area (Å²) in [7, 11) is 0. The summed E-state index contributed by atoms with van der Waals surface area (Å²) in [6.07, 6.45) is 2.31. The first-order valence-electron chi connectivity index (χ1n) is 4.51. The normalized spacial score (nSPS) is 15.7. The predicted molar refractivity (Wildman–Crippen MR) is 65.2 cm³/mol. The second-order valence-corrected chi connectivity index (χ2v) is 6.29. The molecule has 0 spiro atoms. The van der Waals surface area contributed by atoms with Gasteiger partial charge in [0.25, 0.3) is 0 Å². The van der Waals surface area contributed by atoms with Crippen LogP contribution in [0.25, 0.3) is 0 Å². The van der Waals surface area contributed by atoms with Crippen LogP contribution in [-0.2, 0) is 6.42 Å². The van der Waals surface area contributed by atoms with Gasteiger partial charge in [-0.05, 0) is 30.9 Å². The molecule has 0 aliphatic heterocycles. The Morgan fingerprint density at radius 3 is 2.69 bits per heavy atom. The van der Waals surface area contributed by atoms with Crippen LogP contribution < -0.4 is 0 Å². The molecule has 0 radical (unpaired) electrons. The van der Waals surface area contributed by atoms with E-state index in [4.69, 9.17) is 11.6 Å². The lowest BCUT2D eigenvalue weighted by Gasteiger charge is -2.15. The summed E-state index contributed by atoms with van der Waals surface area (Å²) in [6.45, 7) is 4.48. The number of hydrogen-bond acceptors (Lipinski definition) is 1. The van der Waals surface area contributed by atoms with E-state index < -0.39 is 0 Å². The summed E-state index contributed by atoms with van der Waals surface area (Å²) in [4.78, 5) is 2.00. The van der Waals surface area contributed by atoms with Gasteiger partial charge >= 0.3 is 0 Å². The summed E-state index contributed by atoms with van der Waals surface area (Å²) in [5, 5.41) is 0. The number of rotatable bonds is 4. The summed E-state index contributed by atoms with van der Waals surface area (Å²) in [6, 6.07) is 4.10. The summed E-state index contributed by atoms with van der Waals surface area (Å²) >= 11 is 11.2. The molecule has 13 heavy (non-hydrogen) atoms. The number of thiophene rings is 1. The second-order valence-electron chi connectivity index (χ2n) is 3.31. The molecule has 0 amide bonds. The van der Waals surface area contributed by atoms with E-state index in [2.05, 4.69) is 35.8 Å². The molecule has 1 heterocycles. The van der Waals surface area contributed by atoms with Crippen LogP contribution in [0.2, 0.25) is 4.34 Å². The lowest BCUT2D eigenvalue weighted by atomic mass is 10.0. The van der Waals surface area contributed by atoms with E-state index in [-0.39, 0.29) is 0 Å². The Labute approximate surface area is 97.4 Å². The molecule has 1 aromatic rings. The van der Waals surface area contributed by atoms with E-state index in [0.29, 0.717) is 10.7 Å². The predicted octanol–water partition coefficient (Wildman–Crippen LogP) is 4.75. The van der Waals surface area contributed by atoms with Gasteiger partial charge in [-0.3, -0.25) is 0 Å². The number of alkyl halides is 1. The molecule has 0 aliphatic carbocycles. The number of hydrogen-bond donors (Lipinski definition) is 0. The van der Waals surface area contributed by atoms with Crippen molar-refractivity contribution in [2.75, 3.05) is 0 Å². The molecule has 0 saturated heterocycles. The fourth-order valence-electron chi connectivity index (χ4n) is 1.31. The average Bonchev–Trinajstić information content (AvgIpc) is 2.49. The number of halogens is 2. The highest BCUT2D eigenvalue weighted by Crippen LogP contribution is 2.27. The van der Waals surface area contributed by atoms with Gasteiger partial charge in [0.05, 0.1) is 4.34 Å².